The lowest BCUT2D eigenvalue weighted by atomic mass is 10.1. The highest BCUT2D eigenvalue weighted by atomic mass is 19.1. The SMILES string of the molecule is CC(C)CCCOC(=O)c1ccc([N+](=O)[O-])c(F)c1. The molecule has 0 aliphatic carbocycles. The smallest absolute Gasteiger partial charge is 0.338 e. The number of benzene rings is 1. The second kappa shape index (κ2) is 6.82. The normalized spacial score (nSPS) is 10.5. The number of hydrogen-bond donors (Lipinski definition) is 0. The molecule has 0 amide bonds. The minimum Gasteiger partial charge on any atom is -0.462 e. The number of halogens is 1. The molecule has 0 atom stereocenters. The predicted octanol–water partition coefficient (Wildman–Crippen LogP) is 3.33. The van der Waals surface area contributed by atoms with Gasteiger partial charge in [0.25, 0.3) is 0 Å². The van der Waals surface area contributed by atoms with Crippen LogP contribution in [0.15, 0.2) is 18.2 Å². The highest BCUT2D eigenvalue weighted by molar-refractivity contribution is 5.89. The molecule has 0 unspecified atom stereocenters. The monoisotopic (exact) mass is 269 g/mol. The van der Waals surface area contributed by atoms with Crippen LogP contribution in [0, 0.1) is 21.8 Å². The Bertz CT molecular complexity index is 474. The van der Waals surface area contributed by atoms with Crippen LogP contribution >= 0.6 is 0 Å². The zero-order valence-corrected chi connectivity index (χ0v) is 10.9. The van der Waals surface area contributed by atoms with E-state index in [1.165, 1.54) is 6.07 Å². The fraction of sp³-hybridized carbons (Fsp3) is 0.462. The van der Waals surface area contributed by atoms with Crippen LogP contribution in [0.2, 0.25) is 0 Å². The van der Waals surface area contributed by atoms with Crippen molar-refractivity contribution in [1.82, 2.24) is 0 Å². The maximum Gasteiger partial charge on any atom is 0.338 e. The lowest BCUT2D eigenvalue weighted by Crippen LogP contribution is -2.08. The number of carbonyl (C=O) groups excluding carboxylic acids is 1. The van der Waals surface area contributed by atoms with Gasteiger partial charge in [-0.1, -0.05) is 13.8 Å². The number of ether oxygens (including phenoxy) is 1. The number of nitro benzene ring substituents is 1. The third-order valence-corrected chi connectivity index (χ3v) is 2.54. The average molecular weight is 269 g/mol. The van der Waals surface area contributed by atoms with Gasteiger partial charge < -0.3 is 4.74 Å². The van der Waals surface area contributed by atoms with Crippen LogP contribution < -0.4 is 0 Å². The summed E-state index contributed by atoms with van der Waals surface area (Å²) in [5.74, 6) is -1.19. The standard InChI is InChI=1S/C13H16FNO4/c1-9(2)4-3-7-19-13(16)10-5-6-12(15(17)18)11(14)8-10/h5-6,8-9H,3-4,7H2,1-2H3. The van der Waals surface area contributed by atoms with Crippen molar-refractivity contribution >= 4 is 11.7 Å². The first-order valence-electron chi connectivity index (χ1n) is 6.03. The molecule has 0 saturated carbocycles. The van der Waals surface area contributed by atoms with Gasteiger partial charge in [-0.15, -0.1) is 0 Å². The number of nitrogens with zero attached hydrogens (tertiary/aromatic N) is 1. The van der Waals surface area contributed by atoms with Gasteiger partial charge in [0.15, 0.2) is 0 Å². The van der Waals surface area contributed by atoms with E-state index < -0.39 is 22.4 Å². The molecule has 19 heavy (non-hydrogen) atoms. The highest BCUT2D eigenvalue weighted by Crippen LogP contribution is 2.18. The second-order valence-corrected chi connectivity index (χ2v) is 4.60. The maximum atomic E-state index is 13.3. The number of nitro groups is 1. The summed E-state index contributed by atoms with van der Waals surface area (Å²) in [5.41, 5.74) is -0.677. The van der Waals surface area contributed by atoms with Gasteiger partial charge >= 0.3 is 11.7 Å². The van der Waals surface area contributed by atoms with Gasteiger partial charge in [0.2, 0.25) is 5.82 Å². The Morgan fingerprint density at radius 3 is 2.68 bits per heavy atom. The van der Waals surface area contributed by atoms with Crippen molar-refractivity contribution in [2.45, 2.75) is 26.7 Å². The van der Waals surface area contributed by atoms with E-state index in [1.807, 2.05) is 0 Å². The quantitative estimate of drug-likeness (QED) is 0.344. The van der Waals surface area contributed by atoms with Gasteiger partial charge in [0, 0.05) is 6.07 Å². The van der Waals surface area contributed by atoms with Gasteiger partial charge in [0.1, 0.15) is 0 Å². The van der Waals surface area contributed by atoms with E-state index in [0.717, 1.165) is 25.0 Å². The van der Waals surface area contributed by atoms with Gasteiger partial charge in [0.05, 0.1) is 17.1 Å². The van der Waals surface area contributed by atoms with Crippen molar-refractivity contribution in [3.05, 3.63) is 39.7 Å². The first-order valence-corrected chi connectivity index (χ1v) is 6.03. The van der Waals surface area contributed by atoms with Crippen molar-refractivity contribution in [2.75, 3.05) is 6.61 Å². The first-order chi connectivity index (χ1) is 8.91. The van der Waals surface area contributed by atoms with Crippen molar-refractivity contribution in [3.8, 4) is 0 Å². The minimum atomic E-state index is -1.04. The van der Waals surface area contributed by atoms with E-state index in [4.69, 9.17) is 4.74 Å². The molecule has 1 rings (SSSR count). The van der Waals surface area contributed by atoms with E-state index in [2.05, 4.69) is 13.8 Å². The molecule has 5 nitrogen and oxygen atoms in total. The fourth-order valence-electron chi connectivity index (χ4n) is 1.52. The van der Waals surface area contributed by atoms with Gasteiger partial charge in [-0.3, -0.25) is 10.1 Å². The maximum absolute atomic E-state index is 13.3. The van der Waals surface area contributed by atoms with Crippen LogP contribution in [0.3, 0.4) is 0 Å². The number of carbonyl (C=O) groups is 1. The zero-order valence-electron chi connectivity index (χ0n) is 10.9. The van der Waals surface area contributed by atoms with Crippen LogP contribution in [-0.4, -0.2) is 17.5 Å². The summed E-state index contributed by atoms with van der Waals surface area (Å²) in [6, 6.07) is 2.97. The average Bonchev–Trinajstić information content (AvgIpc) is 2.33. The molecule has 0 N–H and O–H groups in total. The van der Waals surface area contributed by atoms with Crippen molar-refractivity contribution < 1.29 is 18.8 Å². The second-order valence-electron chi connectivity index (χ2n) is 4.60. The highest BCUT2D eigenvalue weighted by Gasteiger charge is 2.17. The Labute approximate surface area is 110 Å². The van der Waals surface area contributed by atoms with Crippen LogP contribution in [-0.2, 0) is 4.74 Å². The van der Waals surface area contributed by atoms with Crippen LogP contribution in [0.1, 0.15) is 37.0 Å². The summed E-state index contributed by atoms with van der Waals surface area (Å²) < 4.78 is 18.3. The summed E-state index contributed by atoms with van der Waals surface area (Å²) in [5, 5.41) is 10.4. The lowest BCUT2D eigenvalue weighted by Gasteiger charge is -2.06. The summed E-state index contributed by atoms with van der Waals surface area (Å²) >= 11 is 0. The Morgan fingerprint density at radius 2 is 2.16 bits per heavy atom. The topological polar surface area (TPSA) is 69.4 Å². The number of esters is 1. The largest absolute Gasteiger partial charge is 0.462 e. The molecule has 6 heteroatoms. The molecular weight excluding hydrogens is 253 g/mol. The summed E-state index contributed by atoms with van der Waals surface area (Å²) in [4.78, 5) is 21.2. The molecule has 1 aromatic rings. The summed E-state index contributed by atoms with van der Waals surface area (Å²) in [7, 11) is 0. The van der Waals surface area contributed by atoms with Crippen molar-refractivity contribution in [1.29, 1.82) is 0 Å². The Morgan fingerprint density at radius 1 is 1.47 bits per heavy atom. The Hall–Kier alpha value is -1.98. The number of hydrogen-bond acceptors (Lipinski definition) is 4. The number of rotatable bonds is 6. The molecule has 1 aromatic carbocycles. The Kier molecular flexibility index (Phi) is 5.41. The van der Waals surface area contributed by atoms with Gasteiger partial charge in [-0.05, 0) is 30.9 Å². The molecule has 0 aliphatic rings. The molecule has 0 radical (unpaired) electrons. The Balaban J connectivity index is 2.58. The van der Waals surface area contributed by atoms with E-state index in [1.54, 1.807) is 0 Å². The predicted molar refractivity (Wildman–Crippen MR) is 67.4 cm³/mol. The van der Waals surface area contributed by atoms with Gasteiger partial charge in [-0.25, -0.2) is 4.79 Å². The minimum absolute atomic E-state index is 0.0207. The third kappa shape index (κ3) is 4.65. The van der Waals surface area contributed by atoms with Crippen LogP contribution in [0.25, 0.3) is 0 Å². The van der Waals surface area contributed by atoms with Crippen molar-refractivity contribution in [3.63, 3.8) is 0 Å². The molecule has 0 bridgehead atoms. The molecule has 104 valence electrons. The fourth-order valence-corrected chi connectivity index (χ4v) is 1.52. The molecule has 0 aromatic heterocycles. The molecule has 0 fully saturated rings. The van der Waals surface area contributed by atoms with Gasteiger partial charge in [-0.2, -0.15) is 4.39 Å². The van der Waals surface area contributed by atoms with E-state index in [0.29, 0.717) is 5.92 Å². The zero-order chi connectivity index (χ0) is 14.4. The lowest BCUT2D eigenvalue weighted by molar-refractivity contribution is -0.387. The van der Waals surface area contributed by atoms with E-state index in [-0.39, 0.29) is 12.2 Å². The van der Waals surface area contributed by atoms with Crippen LogP contribution in [0.5, 0.6) is 0 Å². The molecule has 0 heterocycles. The van der Waals surface area contributed by atoms with E-state index in [9.17, 15) is 19.3 Å². The molecule has 0 aliphatic heterocycles. The summed E-state index contributed by atoms with van der Waals surface area (Å²) in [6.45, 7) is 4.39. The summed E-state index contributed by atoms with van der Waals surface area (Å²) in [6.07, 6.45) is 1.67. The van der Waals surface area contributed by atoms with E-state index >= 15 is 0 Å². The molecular formula is C13H16FNO4. The first kappa shape index (κ1) is 15.1. The molecule has 0 spiro atoms. The van der Waals surface area contributed by atoms with Crippen LogP contribution in [0.4, 0.5) is 10.1 Å². The van der Waals surface area contributed by atoms with Crippen molar-refractivity contribution in [2.24, 2.45) is 5.92 Å². The molecule has 0 saturated heterocycles. The third-order valence-electron chi connectivity index (χ3n) is 2.54.